The Morgan fingerprint density at radius 2 is 2.17 bits per heavy atom. The molecule has 12 heavy (non-hydrogen) atoms. The zero-order valence-corrected chi connectivity index (χ0v) is 8.38. The van der Waals surface area contributed by atoms with Crippen LogP contribution in [0.4, 0.5) is 0 Å². The molecule has 1 heterocycles. The Kier molecular flexibility index (Phi) is 2.63. The van der Waals surface area contributed by atoms with Crippen LogP contribution >= 0.6 is 7.60 Å². The topological polar surface area (TPSA) is 35.5 Å². The Balaban J connectivity index is 2.89. The van der Waals surface area contributed by atoms with Crippen molar-refractivity contribution in [1.82, 2.24) is 0 Å². The lowest BCUT2D eigenvalue weighted by Gasteiger charge is -2.12. The van der Waals surface area contributed by atoms with Crippen molar-refractivity contribution in [3.63, 3.8) is 0 Å². The molecule has 0 saturated carbocycles. The lowest BCUT2D eigenvalue weighted by atomic mass is 10.0. The summed E-state index contributed by atoms with van der Waals surface area (Å²) in [6.45, 7) is 3.76. The molecule has 4 atom stereocenters. The van der Waals surface area contributed by atoms with Crippen molar-refractivity contribution in [1.29, 1.82) is 0 Å². The summed E-state index contributed by atoms with van der Waals surface area (Å²) in [6, 6.07) is 0. The smallest absolute Gasteiger partial charge is 0.312 e. The van der Waals surface area contributed by atoms with Crippen LogP contribution in [0.5, 0.6) is 0 Å². The van der Waals surface area contributed by atoms with Gasteiger partial charge in [-0.05, 0) is 0 Å². The van der Waals surface area contributed by atoms with Gasteiger partial charge >= 0.3 is 7.60 Å². The van der Waals surface area contributed by atoms with E-state index in [1.54, 1.807) is 0 Å². The van der Waals surface area contributed by atoms with E-state index in [0.29, 0.717) is 0 Å². The predicted molar refractivity (Wildman–Crippen MR) is 46.9 cm³/mol. The van der Waals surface area contributed by atoms with E-state index < -0.39 is 7.60 Å². The summed E-state index contributed by atoms with van der Waals surface area (Å²) in [6.07, 6.45) is 4.84. The minimum Gasteiger partial charge on any atom is -0.312 e. The maximum absolute atomic E-state index is 11.8. The van der Waals surface area contributed by atoms with E-state index in [-0.39, 0.29) is 17.7 Å². The minimum absolute atomic E-state index is 0.0979. The highest BCUT2D eigenvalue weighted by molar-refractivity contribution is 7.54. The van der Waals surface area contributed by atoms with Gasteiger partial charge in [-0.1, -0.05) is 19.8 Å². The standard InChI is InChI=1S/C8H13O3P/c1-5-8-6(2)7(3)12(9,10-4)11-8/h1,6-8H,2-4H3. The quantitative estimate of drug-likeness (QED) is 0.465. The Morgan fingerprint density at radius 3 is 2.42 bits per heavy atom. The van der Waals surface area contributed by atoms with Crippen molar-refractivity contribution < 1.29 is 13.6 Å². The number of rotatable bonds is 1. The van der Waals surface area contributed by atoms with E-state index in [2.05, 4.69) is 5.92 Å². The maximum atomic E-state index is 11.8. The molecule has 1 fully saturated rings. The largest absolute Gasteiger partial charge is 0.334 e. The second kappa shape index (κ2) is 3.22. The van der Waals surface area contributed by atoms with Crippen molar-refractivity contribution in [3.8, 4) is 12.3 Å². The molecule has 0 aliphatic carbocycles. The molecular weight excluding hydrogens is 175 g/mol. The van der Waals surface area contributed by atoms with Gasteiger partial charge in [0.05, 0.1) is 5.66 Å². The first-order valence-corrected chi connectivity index (χ1v) is 5.46. The SMILES string of the molecule is C#CC1OP(=O)(OC)C(C)C1C. The zero-order valence-electron chi connectivity index (χ0n) is 7.48. The molecule has 1 aliphatic rings. The average Bonchev–Trinajstić information content (AvgIpc) is 2.31. The van der Waals surface area contributed by atoms with Crippen LogP contribution in [0.1, 0.15) is 13.8 Å². The molecule has 4 unspecified atom stereocenters. The molecule has 4 heteroatoms. The van der Waals surface area contributed by atoms with Gasteiger partial charge in [-0.15, -0.1) is 6.42 Å². The zero-order chi connectivity index (χ0) is 9.35. The van der Waals surface area contributed by atoms with Gasteiger partial charge in [0.2, 0.25) is 0 Å². The molecule has 0 radical (unpaired) electrons. The predicted octanol–water partition coefficient (Wildman–Crippen LogP) is 1.88. The lowest BCUT2D eigenvalue weighted by Crippen LogP contribution is -2.16. The molecule has 3 nitrogen and oxygen atoms in total. The molecule has 1 rings (SSSR count). The molecule has 0 aromatic rings. The minimum atomic E-state index is -2.91. The van der Waals surface area contributed by atoms with E-state index >= 15 is 0 Å². The third-order valence-corrected chi connectivity index (χ3v) is 4.91. The van der Waals surface area contributed by atoms with Gasteiger partial charge in [-0.25, -0.2) is 0 Å². The molecule has 1 aliphatic heterocycles. The van der Waals surface area contributed by atoms with Crippen molar-refractivity contribution >= 4 is 7.60 Å². The first-order valence-electron chi connectivity index (χ1n) is 3.85. The second-order valence-electron chi connectivity index (χ2n) is 3.01. The monoisotopic (exact) mass is 188 g/mol. The van der Waals surface area contributed by atoms with Gasteiger partial charge in [0.15, 0.2) is 0 Å². The van der Waals surface area contributed by atoms with Gasteiger partial charge in [-0.3, -0.25) is 9.09 Å². The Labute approximate surface area is 73.0 Å². The highest BCUT2D eigenvalue weighted by Gasteiger charge is 2.47. The summed E-state index contributed by atoms with van der Waals surface area (Å²) in [5.41, 5.74) is -0.108. The normalized spacial score (nSPS) is 47.3. The molecule has 0 N–H and O–H groups in total. The Morgan fingerprint density at radius 1 is 1.58 bits per heavy atom. The summed E-state index contributed by atoms with van der Waals surface area (Å²) >= 11 is 0. The number of terminal acetylenes is 1. The van der Waals surface area contributed by atoms with Gasteiger partial charge in [-0.2, -0.15) is 0 Å². The second-order valence-corrected chi connectivity index (χ2v) is 5.48. The molecule has 0 amide bonds. The van der Waals surface area contributed by atoms with Crippen LogP contribution in [-0.4, -0.2) is 18.9 Å². The van der Waals surface area contributed by atoms with Crippen molar-refractivity contribution in [3.05, 3.63) is 0 Å². The van der Waals surface area contributed by atoms with Gasteiger partial charge < -0.3 is 4.52 Å². The van der Waals surface area contributed by atoms with Gasteiger partial charge in [0.1, 0.15) is 6.10 Å². The third kappa shape index (κ3) is 1.31. The highest BCUT2D eigenvalue weighted by atomic mass is 31.2. The van der Waals surface area contributed by atoms with Crippen LogP contribution in [0.15, 0.2) is 0 Å². The first kappa shape index (κ1) is 9.80. The highest BCUT2D eigenvalue weighted by Crippen LogP contribution is 2.61. The summed E-state index contributed by atoms with van der Waals surface area (Å²) in [5, 5.41) is 0. The third-order valence-electron chi connectivity index (χ3n) is 2.42. The summed E-state index contributed by atoms with van der Waals surface area (Å²) in [5.74, 6) is 2.56. The summed E-state index contributed by atoms with van der Waals surface area (Å²) in [7, 11) is -1.52. The van der Waals surface area contributed by atoms with Crippen molar-refractivity contribution in [2.75, 3.05) is 7.11 Å². The fraction of sp³-hybridized carbons (Fsp3) is 0.750. The van der Waals surface area contributed by atoms with Crippen LogP contribution < -0.4 is 0 Å². The number of hydrogen-bond donors (Lipinski definition) is 0. The van der Waals surface area contributed by atoms with Gasteiger partial charge in [0.25, 0.3) is 0 Å². The van der Waals surface area contributed by atoms with E-state index in [1.165, 1.54) is 7.11 Å². The first-order chi connectivity index (χ1) is 5.55. The van der Waals surface area contributed by atoms with Crippen LogP contribution in [0.2, 0.25) is 0 Å². The molecular formula is C8H13O3P. The molecule has 68 valence electrons. The van der Waals surface area contributed by atoms with Crippen LogP contribution in [0.25, 0.3) is 0 Å². The van der Waals surface area contributed by atoms with E-state index in [4.69, 9.17) is 15.5 Å². The van der Waals surface area contributed by atoms with Crippen LogP contribution in [0.3, 0.4) is 0 Å². The van der Waals surface area contributed by atoms with E-state index in [1.807, 2.05) is 13.8 Å². The van der Waals surface area contributed by atoms with Crippen LogP contribution in [-0.2, 0) is 13.6 Å². The van der Waals surface area contributed by atoms with Crippen molar-refractivity contribution in [2.24, 2.45) is 5.92 Å². The fourth-order valence-corrected chi connectivity index (χ4v) is 3.20. The van der Waals surface area contributed by atoms with Crippen LogP contribution in [0, 0.1) is 18.3 Å². The molecule has 0 spiro atoms. The Hall–Kier alpha value is -0.290. The average molecular weight is 188 g/mol. The molecule has 1 saturated heterocycles. The number of hydrogen-bond acceptors (Lipinski definition) is 3. The van der Waals surface area contributed by atoms with Gasteiger partial charge in [0, 0.05) is 13.0 Å². The lowest BCUT2D eigenvalue weighted by molar-refractivity contribution is 0.211. The van der Waals surface area contributed by atoms with E-state index in [9.17, 15) is 4.57 Å². The Bertz CT molecular complexity index is 256. The fourth-order valence-electron chi connectivity index (χ4n) is 1.28. The summed E-state index contributed by atoms with van der Waals surface area (Å²) < 4.78 is 21.8. The molecule has 0 aromatic carbocycles. The van der Waals surface area contributed by atoms with E-state index in [0.717, 1.165) is 0 Å². The summed E-state index contributed by atoms with van der Waals surface area (Å²) in [4.78, 5) is 0. The molecule has 0 aromatic heterocycles. The molecule has 0 bridgehead atoms. The van der Waals surface area contributed by atoms with Crippen molar-refractivity contribution in [2.45, 2.75) is 25.6 Å². The maximum Gasteiger partial charge on any atom is 0.334 e.